The molecular formula is C10H17NO3. The number of amides is 1. The Kier molecular flexibility index (Phi) is 6.45. The van der Waals surface area contributed by atoms with Crippen LogP contribution in [0.5, 0.6) is 0 Å². The van der Waals surface area contributed by atoms with Gasteiger partial charge in [0.2, 0.25) is 5.91 Å². The quantitative estimate of drug-likeness (QED) is 0.528. The van der Waals surface area contributed by atoms with Crippen LogP contribution in [0.2, 0.25) is 0 Å². The van der Waals surface area contributed by atoms with E-state index >= 15 is 0 Å². The lowest BCUT2D eigenvalue weighted by Gasteiger charge is -2.03. The van der Waals surface area contributed by atoms with E-state index in [-0.39, 0.29) is 5.91 Å². The zero-order chi connectivity index (χ0) is 11.0. The van der Waals surface area contributed by atoms with Gasteiger partial charge in [0, 0.05) is 18.7 Å². The summed E-state index contributed by atoms with van der Waals surface area (Å²) in [4.78, 5) is 21.8. The molecule has 0 aromatic rings. The maximum absolute atomic E-state index is 11.0. The maximum Gasteiger partial charge on any atom is 0.330 e. The monoisotopic (exact) mass is 199 g/mol. The standard InChI is InChI=1S/C10H17NO3/c1-4-11-9(12)5-6-10(13)14-7-8(2)3/h5-6,8H,4,7H2,1-3H3,(H,11,12)/b6-5-. The van der Waals surface area contributed by atoms with E-state index in [4.69, 9.17) is 4.74 Å². The van der Waals surface area contributed by atoms with Crippen molar-refractivity contribution in [1.82, 2.24) is 5.32 Å². The van der Waals surface area contributed by atoms with Crippen LogP contribution in [0.3, 0.4) is 0 Å². The lowest BCUT2D eigenvalue weighted by Crippen LogP contribution is -2.20. The normalized spacial score (nSPS) is 10.6. The summed E-state index contributed by atoms with van der Waals surface area (Å²) in [5.41, 5.74) is 0. The summed E-state index contributed by atoms with van der Waals surface area (Å²) in [5.74, 6) is -0.462. The number of carbonyl (C=O) groups excluding carboxylic acids is 2. The Balaban J connectivity index is 3.76. The lowest BCUT2D eigenvalue weighted by atomic mass is 10.2. The molecule has 0 unspecified atom stereocenters. The number of rotatable bonds is 5. The van der Waals surface area contributed by atoms with Crippen molar-refractivity contribution in [3.63, 3.8) is 0 Å². The van der Waals surface area contributed by atoms with Gasteiger partial charge in [0.25, 0.3) is 0 Å². The summed E-state index contributed by atoms with van der Waals surface area (Å²) < 4.78 is 4.83. The van der Waals surface area contributed by atoms with Gasteiger partial charge >= 0.3 is 5.97 Å². The number of hydrogen-bond donors (Lipinski definition) is 1. The largest absolute Gasteiger partial charge is 0.462 e. The topological polar surface area (TPSA) is 55.4 Å². The van der Waals surface area contributed by atoms with E-state index in [1.807, 2.05) is 20.8 Å². The van der Waals surface area contributed by atoms with Gasteiger partial charge in [0.1, 0.15) is 0 Å². The number of likely N-dealkylation sites (N-methyl/N-ethyl adjacent to an activating group) is 1. The predicted molar refractivity (Wildman–Crippen MR) is 53.6 cm³/mol. The van der Waals surface area contributed by atoms with Gasteiger partial charge in [-0.1, -0.05) is 13.8 Å². The van der Waals surface area contributed by atoms with Crippen molar-refractivity contribution in [3.05, 3.63) is 12.2 Å². The first-order valence-electron chi connectivity index (χ1n) is 4.69. The second kappa shape index (κ2) is 7.12. The van der Waals surface area contributed by atoms with Crippen molar-refractivity contribution in [2.45, 2.75) is 20.8 Å². The fourth-order valence-corrected chi connectivity index (χ4v) is 0.674. The Labute approximate surface area is 84.3 Å². The molecule has 0 aromatic carbocycles. The fourth-order valence-electron chi connectivity index (χ4n) is 0.674. The minimum atomic E-state index is -0.482. The van der Waals surface area contributed by atoms with Crippen LogP contribution in [-0.4, -0.2) is 25.0 Å². The van der Waals surface area contributed by atoms with Gasteiger partial charge in [-0.25, -0.2) is 4.79 Å². The molecule has 80 valence electrons. The van der Waals surface area contributed by atoms with Crippen molar-refractivity contribution in [2.75, 3.05) is 13.2 Å². The van der Waals surface area contributed by atoms with Crippen molar-refractivity contribution >= 4 is 11.9 Å². The Hall–Kier alpha value is -1.32. The second-order valence-corrected chi connectivity index (χ2v) is 3.25. The van der Waals surface area contributed by atoms with Gasteiger partial charge in [0.15, 0.2) is 0 Å². The second-order valence-electron chi connectivity index (χ2n) is 3.25. The molecule has 4 heteroatoms. The smallest absolute Gasteiger partial charge is 0.330 e. The van der Waals surface area contributed by atoms with Crippen LogP contribution in [0.4, 0.5) is 0 Å². The summed E-state index contributed by atoms with van der Waals surface area (Å²) in [6.45, 7) is 6.62. The highest BCUT2D eigenvalue weighted by atomic mass is 16.5. The third-order valence-corrected chi connectivity index (χ3v) is 1.28. The average Bonchev–Trinajstić information content (AvgIpc) is 2.12. The summed E-state index contributed by atoms with van der Waals surface area (Å²) >= 11 is 0. The molecule has 0 aliphatic carbocycles. The van der Waals surface area contributed by atoms with Gasteiger partial charge in [0.05, 0.1) is 6.61 Å². The molecule has 14 heavy (non-hydrogen) atoms. The van der Waals surface area contributed by atoms with Gasteiger partial charge in [-0.3, -0.25) is 4.79 Å². The van der Waals surface area contributed by atoms with Crippen molar-refractivity contribution < 1.29 is 14.3 Å². The van der Waals surface area contributed by atoms with E-state index in [1.54, 1.807) is 0 Å². The summed E-state index contributed by atoms with van der Waals surface area (Å²) in [6, 6.07) is 0. The Morgan fingerprint density at radius 2 is 2.00 bits per heavy atom. The van der Waals surface area contributed by atoms with Gasteiger partial charge in [-0.15, -0.1) is 0 Å². The number of carbonyl (C=O) groups is 2. The summed E-state index contributed by atoms with van der Waals surface area (Å²) in [7, 11) is 0. The van der Waals surface area contributed by atoms with Crippen LogP contribution in [-0.2, 0) is 14.3 Å². The number of ether oxygens (including phenoxy) is 1. The van der Waals surface area contributed by atoms with Crippen molar-refractivity contribution in [3.8, 4) is 0 Å². The van der Waals surface area contributed by atoms with Crippen LogP contribution in [0, 0.1) is 5.92 Å². The Morgan fingerprint density at radius 3 is 2.50 bits per heavy atom. The SMILES string of the molecule is CCNC(=O)/C=C\C(=O)OCC(C)C. The van der Waals surface area contributed by atoms with E-state index in [2.05, 4.69) is 5.32 Å². The molecule has 0 aromatic heterocycles. The molecule has 0 aliphatic heterocycles. The highest BCUT2D eigenvalue weighted by molar-refractivity contribution is 5.94. The predicted octanol–water partition coefficient (Wildman–Crippen LogP) is 0.878. The zero-order valence-corrected chi connectivity index (χ0v) is 8.87. The van der Waals surface area contributed by atoms with Crippen LogP contribution >= 0.6 is 0 Å². The Bertz CT molecular complexity index is 221. The number of hydrogen-bond acceptors (Lipinski definition) is 3. The maximum atomic E-state index is 11.0. The van der Waals surface area contributed by atoms with Gasteiger partial charge in [-0.05, 0) is 12.8 Å². The van der Waals surface area contributed by atoms with Crippen LogP contribution in [0.25, 0.3) is 0 Å². The van der Waals surface area contributed by atoms with E-state index in [9.17, 15) is 9.59 Å². The van der Waals surface area contributed by atoms with E-state index in [0.717, 1.165) is 6.08 Å². The minimum absolute atomic E-state index is 0.283. The molecule has 0 bridgehead atoms. The molecule has 0 rings (SSSR count). The van der Waals surface area contributed by atoms with Gasteiger partial charge < -0.3 is 10.1 Å². The molecule has 0 fully saturated rings. The minimum Gasteiger partial charge on any atom is -0.462 e. The number of nitrogens with one attached hydrogen (secondary N) is 1. The van der Waals surface area contributed by atoms with E-state index in [0.29, 0.717) is 19.1 Å². The fraction of sp³-hybridized carbons (Fsp3) is 0.600. The molecule has 4 nitrogen and oxygen atoms in total. The first-order valence-corrected chi connectivity index (χ1v) is 4.69. The van der Waals surface area contributed by atoms with Crippen molar-refractivity contribution in [1.29, 1.82) is 0 Å². The summed E-state index contributed by atoms with van der Waals surface area (Å²) in [5, 5.41) is 2.53. The highest BCUT2D eigenvalue weighted by Crippen LogP contribution is 1.93. The van der Waals surface area contributed by atoms with Crippen LogP contribution in [0.1, 0.15) is 20.8 Å². The molecule has 0 atom stereocenters. The molecule has 0 spiro atoms. The van der Waals surface area contributed by atoms with Crippen molar-refractivity contribution in [2.24, 2.45) is 5.92 Å². The summed E-state index contributed by atoms with van der Waals surface area (Å²) in [6.07, 6.45) is 2.31. The van der Waals surface area contributed by atoms with Crippen LogP contribution in [0.15, 0.2) is 12.2 Å². The van der Waals surface area contributed by atoms with Gasteiger partial charge in [-0.2, -0.15) is 0 Å². The molecule has 0 aliphatic rings. The molecule has 0 saturated heterocycles. The molecule has 0 saturated carbocycles. The third-order valence-electron chi connectivity index (χ3n) is 1.28. The molecule has 0 heterocycles. The molecule has 0 radical (unpaired) electrons. The average molecular weight is 199 g/mol. The molecule has 1 amide bonds. The first-order chi connectivity index (χ1) is 6.56. The zero-order valence-electron chi connectivity index (χ0n) is 8.87. The third kappa shape index (κ3) is 7.34. The Morgan fingerprint density at radius 1 is 1.36 bits per heavy atom. The van der Waals surface area contributed by atoms with E-state index in [1.165, 1.54) is 6.08 Å². The lowest BCUT2D eigenvalue weighted by molar-refractivity contribution is -0.139. The van der Waals surface area contributed by atoms with Crippen LogP contribution < -0.4 is 5.32 Å². The van der Waals surface area contributed by atoms with E-state index < -0.39 is 5.97 Å². The first kappa shape index (κ1) is 12.7. The highest BCUT2D eigenvalue weighted by Gasteiger charge is 2.00. The molecular weight excluding hydrogens is 182 g/mol. The molecule has 1 N–H and O–H groups in total. The number of esters is 1.